The van der Waals surface area contributed by atoms with Crippen LogP contribution >= 0.6 is 0 Å². The van der Waals surface area contributed by atoms with Crippen molar-refractivity contribution in [2.45, 2.75) is 12.6 Å². The monoisotopic (exact) mass is 395 g/mol. The molecule has 0 aliphatic carbocycles. The number of benzene rings is 4. The van der Waals surface area contributed by atoms with E-state index in [4.69, 9.17) is 9.57 Å². The van der Waals surface area contributed by atoms with Crippen LogP contribution < -0.4 is 9.57 Å². The molecule has 0 radical (unpaired) electrons. The minimum absolute atomic E-state index is 0.195. The maximum absolute atomic E-state index is 12.1. The van der Waals surface area contributed by atoms with Gasteiger partial charge in [0.15, 0.2) is 12.0 Å². The molecule has 0 fully saturated rings. The number of rotatable bonds is 5. The minimum Gasteiger partial charge on any atom is -0.495 e. The Morgan fingerprint density at radius 1 is 0.900 bits per heavy atom. The number of ether oxygens (including phenoxy) is 1. The molecule has 148 valence electrons. The Balaban J connectivity index is 1.76. The fraction of sp³-hybridized carbons (Fsp3) is 0.115. The molecule has 0 saturated heterocycles. The lowest BCUT2D eigenvalue weighted by molar-refractivity contribution is -0.0673. The van der Waals surface area contributed by atoms with Crippen molar-refractivity contribution in [3.63, 3.8) is 0 Å². The maximum atomic E-state index is 12.1. The molecule has 1 aliphatic heterocycles. The number of methoxy groups -OCH3 is 1. The zero-order valence-electron chi connectivity index (χ0n) is 16.6. The van der Waals surface area contributed by atoms with E-state index in [9.17, 15) is 4.79 Å². The van der Waals surface area contributed by atoms with Crippen molar-refractivity contribution in [3.8, 4) is 11.5 Å². The van der Waals surface area contributed by atoms with Crippen LogP contribution in [-0.4, -0.2) is 18.5 Å². The van der Waals surface area contributed by atoms with Gasteiger partial charge in [-0.05, 0) is 16.5 Å². The number of aldehydes is 1. The van der Waals surface area contributed by atoms with Crippen molar-refractivity contribution in [1.29, 1.82) is 0 Å². The molecular formula is C26H21NO3. The molecule has 0 bridgehead atoms. The third kappa shape index (κ3) is 2.93. The summed E-state index contributed by atoms with van der Waals surface area (Å²) in [5.74, 6) is 1.32. The Kier molecular flexibility index (Phi) is 4.69. The van der Waals surface area contributed by atoms with Gasteiger partial charge in [0.2, 0.25) is 0 Å². The number of fused-ring (bicyclic) bond motifs is 3. The molecule has 5 rings (SSSR count). The molecule has 0 spiro atoms. The highest BCUT2D eigenvalue weighted by atomic mass is 16.7. The van der Waals surface area contributed by atoms with E-state index in [1.165, 1.54) is 0 Å². The van der Waals surface area contributed by atoms with E-state index in [1.54, 1.807) is 7.11 Å². The highest BCUT2D eigenvalue weighted by Crippen LogP contribution is 2.52. The Bertz CT molecular complexity index is 1210. The van der Waals surface area contributed by atoms with Gasteiger partial charge in [0.1, 0.15) is 11.8 Å². The normalized spacial score (nSPS) is 15.6. The minimum atomic E-state index is -0.195. The third-order valence-electron chi connectivity index (χ3n) is 5.58. The van der Waals surface area contributed by atoms with E-state index in [-0.39, 0.29) is 6.04 Å². The zero-order valence-corrected chi connectivity index (χ0v) is 16.6. The fourth-order valence-corrected chi connectivity index (χ4v) is 4.28. The average molecular weight is 395 g/mol. The summed E-state index contributed by atoms with van der Waals surface area (Å²) in [6.07, 6.45) is 0.878. The molecular weight excluding hydrogens is 374 g/mol. The molecule has 0 amide bonds. The molecule has 1 aliphatic rings. The Labute approximate surface area is 175 Å². The first-order chi connectivity index (χ1) is 14.8. The fourth-order valence-electron chi connectivity index (χ4n) is 4.28. The zero-order chi connectivity index (χ0) is 20.5. The predicted molar refractivity (Wildman–Crippen MR) is 117 cm³/mol. The molecule has 4 aromatic rings. The van der Waals surface area contributed by atoms with Gasteiger partial charge < -0.3 is 9.57 Å². The first-order valence-corrected chi connectivity index (χ1v) is 9.93. The standard InChI is InChI=1S/C26H21NO3/c1-29-25-22(17-28)20-14-8-9-15-21(20)26-23(25)24(19-12-6-3-7-13-19)27(30-26)16-18-10-4-2-5-11-18/h2-15,17,24H,16H2,1H3. The van der Waals surface area contributed by atoms with Crippen LogP contribution in [0.25, 0.3) is 10.8 Å². The van der Waals surface area contributed by atoms with E-state index < -0.39 is 0 Å². The Morgan fingerprint density at radius 2 is 1.53 bits per heavy atom. The van der Waals surface area contributed by atoms with Gasteiger partial charge in [-0.3, -0.25) is 4.79 Å². The summed E-state index contributed by atoms with van der Waals surface area (Å²) in [4.78, 5) is 18.6. The van der Waals surface area contributed by atoms with Gasteiger partial charge in [0.25, 0.3) is 0 Å². The van der Waals surface area contributed by atoms with Gasteiger partial charge in [0, 0.05) is 5.39 Å². The number of hydrogen-bond acceptors (Lipinski definition) is 4. The van der Waals surface area contributed by atoms with Gasteiger partial charge in [-0.25, -0.2) is 0 Å². The lowest BCUT2D eigenvalue weighted by atomic mass is 9.91. The number of hydrogen-bond donors (Lipinski definition) is 0. The highest BCUT2D eigenvalue weighted by molar-refractivity contribution is 6.05. The molecule has 0 N–H and O–H groups in total. The first kappa shape index (κ1) is 18.4. The van der Waals surface area contributed by atoms with Crippen LogP contribution in [0.5, 0.6) is 11.5 Å². The van der Waals surface area contributed by atoms with Crippen LogP contribution in [0.1, 0.15) is 33.1 Å². The molecule has 4 aromatic carbocycles. The van der Waals surface area contributed by atoms with E-state index >= 15 is 0 Å². The smallest absolute Gasteiger partial charge is 0.164 e. The van der Waals surface area contributed by atoms with Crippen molar-refractivity contribution in [2.24, 2.45) is 0 Å². The number of carbonyl (C=O) groups is 1. The topological polar surface area (TPSA) is 38.8 Å². The summed E-state index contributed by atoms with van der Waals surface area (Å²) < 4.78 is 5.80. The molecule has 30 heavy (non-hydrogen) atoms. The SMILES string of the molecule is COc1c2c(c3ccccc3c1C=O)ON(Cc1ccccc1)C2c1ccccc1. The average Bonchev–Trinajstić information content (AvgIpc) is 3.18. The number of nitrogens with zero attached hydrogens (tertiary/aromatic N) is 1. The van der Waals surface area contributed by atoms with Crippen molar-refractivity contribution in [1.82, 2.24) is 5.06 Å². The summed E-state index contributed by atoms with van der Waals surface area (Å²) in [6, 6.07) is 28.0. The van der Waals surface area contributed by atoms with Crippen molar-refractivity contribution >= 4 is 17.1 Å². The van der Waals surface area contributed by atoms with E-state index in [2.05, 4.69) is 24.3 Å². The second-order valence-electron chi connectivity index (χ2n) is 7.32. The third-order valence-corrected chi connectivity index (χ3v) is 5.58. The molecule has 1 unspecified atom stereocenters. The summed E-state index contributed by atoms with van der Waals surface area (Å²) in [7, 11) is 1.61. The van der Waals surface area contributed by atoms with E-state index in [0.29, 0.717) is 17.9 Å². The molecule has 0 saturated carbocycles. The lowest BCUT2D eigenvalue weighted by Gasteiger charge is -2.24. The van der Waals surface area contributed by atoms with Crippen LogP contribution in [-0.2, 0) is 6.54 Å². The largest absolute Gasteiger partial charge is 0.495 e. The Hall–Kier alpha value is -3.63. The highest BCUT2D eigenvalue weighted by Gasteiger charge is 2.39. The quantitative estimate of drug-likeness (QED) is 0.415. The van der Waals surface area contributed by atoms with E-state index in [0.717, 1.165) is 39.5 Å². The predicted octanol–water partition coefficient (Wildman–Crippen LogP) is 5.56. The van der Waals surface area contributed by atoms with Gasteiger partial charge in [0.05, 0.1) is 24.8 Å². The molecule has 4 nitrogen and oxygen atoms in total. The van der Waals surface area contributed by atoms with Crippen LogP contribution in [0, 0.1) is 0 Å². The van der Waals surface area contributed by atoms with Crippen molar-refractivity contribution in [2.75, 3.05) is 7.11 Å². The lowest BCUT2D eigenvalue weighted by Crippen LogP contribution is -2.26. The van der Waals surface area contributed by atoms with Crippen LogP contribution in [0.2, 0.25) is 0 Å². The van der Waals surface area contributed by atoms with Crippen LogP contribution in [0.4, 0.5) is 0 Å². The van der Waals surface area contributed by atoms with Gasteiger partial charge in [-0.2, -0.15) is 0 Å². The molecule has 0 aromatic heterocycles. The molecule has 1 heterocycles. The summed E-state index contributed by atoms with van der Waals surface area (Å²) >= 11 is 0. The molecule has 4 heteroatoms. The number of hydroxylamine groups is 2. The summed E-state index contributed by atoms with van der Waals surface area (Å²) in [5.41, 5.74) is 3.67. The Morgan fingerprint density at radius 3 is 2.20 bits per heavy atom. The van der Waals surface area contributed by atoms with Gasteiger partial charge in [-0.1, -0.05) is 84.9 Å². The summed E-state index contributed by atoms with van der Waals surface area (Å²) in [6.45, 7) is 0.600. The summed E-state index contributed by atoms with van der Waals surface area (Å²) in [5, 5.41) is 3.71. The second-order valence-corrected chi connectivity index (χ2v) is 7.32. The second kappa shape index (κ2) is 7.65. The first-order valence-electron chi connectivity index (χ1n) is 9.93. The molecule has 1 atom stereocenters. The van der Waals surface area contributed by atoms with Gasteiger partial charge in [-0.15, -0.1) is 5.06 Å². The number of carbonyl (C=O) groups excluding carboxylic acids is 1. The van der Waals surface area contributed by atoms with Crippen molar-refractivity contribution in [3.05, 3.63) is 107 Å². The van der Waals surface area contributed by atoms with Crippen LogP contribution in [0.15, 0.2) is 84.9 Å². The van der Waals surface area contributed by atoms with Crippen LogP contribution in [0.3, 0.4) is 0 Å². The van der Waals surface area contributed by atoms with Crippen molar-refractivity contribution < 1.29 is 14.4 Å². The maximum Gasteiger partial charge on any atom is 0.164 e. The van der Waals surface area contributed by atoms with Gasteiger partial charge >= 0.3 is 0 Å². The van der Waals surface area contributed by atoms with E-state index in [1.807, 2.05) is 65.7 Å².